The predicted octanol–water partition coefficient (Wildman–Crippen LogP) is 4.66. The number of aliphatic hydroxyl groups is 1. The zero-order chi connectivity index (χ0) is 14.5. The van der Waals surface area contributed by atoms with Crippen LogP contribution in [0.25, 0.3) is 0 Å². The highest BCUT2D eigenvalue weighted by Crippen LogP contribution is 2.25. The molecule has 1 fully saturated rings. The first-order chi connectivity index (χ1) is 9.86. The summed E-state index contributed by atoms with van der Waals surface area (Å²) >= 11 is 0. The van der Waals surface area contributed by atoms with Crippen LogP contribution in [0.3, 0.4) is 0 Å². The van der Waals surface area contributed by atoms with Gasteiger partial charge < -0.3 is 10.4 Å². The number of aliphatic hydroxyl groups excluding tert-OH is 1. The topological polar surface area (TPSA) is 32.3 Å². The summed E-state index contributed by atoms with van der Waals surface area (Å²) in [5.74, 6) is 0.783. The molecule has 2 N–H and O–H groups in total. The minimum atomic E-state index is 0.376. The second-order valence-electron chi connectivity index (χ2n) is 6.66. The van der Waals surface area contributed by atoms with Gasteiger partial charge in [-0.1, -0.05) is 58.3 Å². The minimum Gasteiger partial charge on any atom is -0.396 e. The molecule has 1 aliphatic carbocycles. The highest BCUT2D eigenvalue weighted by atomic mass is 16.3. The van der Waals surface area contributed by atoms with Crippen LogP contribution in [0.15, 0.2) is 0 Å². The highest BCUT2D eigenvalue weighted by molar-refractivity contribution is 4.74. The molecular formula is C18H37NO. The maximum absolute atomic E-state index is 9.04. The van der Waals surface area contributed by atoms with Crippen molar-refractivity contribution in [1.82, 2.24) is 5.32 Å². The fraction of sp³-hybridized carbons (Fsp3) is 1.00. The van der Waals surface area contributed by atoms with Gasteiger partial charge in [-0.2, -0.15) is 0 Å². The van der Waals surface area contributed by atoms with Crippen molar-refractivity contribution in [3.63, 3.8) is 0 Å². The first-order valence-electron chi connectivity index (χ1n) is 9.21. The first-order valence-corrected chi connectivity index (χ1v) is 9.21. The molecule has 1 rings (SSSR count). The van der Waals surface area contributed by atoms with Crippen LogP contribution in [-0.2, 0) is 0 Å². The van der Waals surface area contributed by atoms with Gasteiger partial charge in [-0.05, 0) is 44.6 Å². The van der Waals surface area contributed by atoms with E-state index in [1.165, 1.54) is 83.6 Å². The van der Waals surface area contributed by atoms with Crippen LogP contribution in [0.2, 0.25) is 0 Å². The Labute approximate surface area is 126 Å². The van der Waals surface area contributed by atoms with Crippen molar-refractivity contribution in [2.24, 2.45) is 5.92 Å². The summed E-state index contributed by atoms with van der Waals surface area (Å²) in [6.45, 7) is 3.87. The van der Waals surface area contributed by atoms with Crippen molar-refractivity contribution in [3.8, 4) is 0 Å². The largest absolute Gasteiger partial charge is 0.396 e. The fourth-order valence-electron chi connectivity index (χ4n) is 3.44. The third-order valence-electron chi connectivity index (χ3n) is 4.84. The molecule has 0 spiro atoms. The molecule has 0 radical (unpaired) electrons. The lowest BCUT2D eigenvalue weighted by atomic mass is 9.97. The van der Waals surface area contributed by atoms with Crippen LogP contribution in [0.1, 0.15) is 90.4 Å². The van der Waals surface area contributed by atoms with Gasteiger partial charge in [-0.15, -0.1) is 0 Å². The molecule has 0 aromatic rings. The zero-order valence-electron chi connectivity index (χ0n) is 13.7. The lowest BCUT2D eigenvalue weighted by molar-refractivity contribution is 0.247. The molecule has 0 bridgehead atoms. The summed E-state index contributed by atoms with van der Waals surface area (Å²) in [5, 5.41) is 12.8. The third-order valence-corrected chi connectivity index (χ3v) is 4.84. The number of hydrogen-bond acceptors (Lipinski definition) is 2. The molecule has 1 aliphatic rings. The first kappa shape index (κ1) is 18.0. The van der Waals surface area contributed by atoms with E-state index in [1.54, 1.807) is 0 Å². The number of rotatable bonds is 11. The maximum Gasteiger partial charge on any atom is 0.0433 e. The van der Waals surface area contributed by atoms with Crippen LogP contribution in [0.4, 0.5) is 0 Å². The van der Waals surface area contributed by atoms with Gasteiger partial charge >= 0.3 is 0 Å². The Bertz CT molecular complexity index is 208. The Kier molecular flexibility index (Phi) is 11.4. The molecule has 2 atom stereocenters. The standard InChI is InChI=1S/C18H37NO/c1-2-3-4-5-6-7-8-15-19-18-11-9-10-17(12-13-18)14-16-20/h17-20H,2-16H2,1H3. The maximum atomic E-state index is 9.04. The quantitative estimate of drug-likeness (QED) is 0.427. The summed E-state index contributed by atoms with van der Waals surface area (Å²) in [5.41, 5.74) is 0. The van der Waals surface area contributed by atoms with Crippen molar-refractivity contribution in [2.45, 2.75) is 96.4 Å². The Morgan fingerprint density at radius 3 is 2.40 bits per heavy atom. The molecule has 120 valence electrons. The van der Waals surface area contributed by atoms with Gasteiger partial charge in [0.1, 0.15) is 0 Å². The van der Waals surface area contributed by atoms with Crippen molar-refractivity contribution in [3.05, 3.63) is 0 Å². The summed E-state index contributed by atoms with van der Waals surface area (Å²) < 4.78 is 0. The molecule has 1 saturated carbocycles. The SMILES string of the molecule is CCCCCCCCCNC1CCCC(CCO)CC1. The van der Waals surface area contributed by atoms with Crippen LogP contribution in [0, 0.1) is 5.92 Å². The number of unbranched alkanes of at least 4 members (excludes halogenated alkanes) is 6. The zero-order valence-corrected chi connectivity index (χ0v) is 13.7. The molecule has 0 aromatic carbocycles. The van der Waals surface area contributed by atoms with Crippen molar-refractivity contribution < 1.29 is 5.11 Å². The van der Waals surface area contributed by atoms with Gasteiger partial charge in [-0.25, -0.2) is 0 Å². The Morgan fingerprint density at radius 1 is 0.900 bits per heavy atom. The van der Waals surface area contributed by atoms with E-state index in [0.717, 1.165) is 18.4 Å². The van der Waals surface area contributed by atoms with Gasteiger partial charge in [0, 0.05) is 12.6 Å². The van der Waals surface area contributed by atoms with Gasteiger partial charge in [-0.3, -0.25) is 0 Å². The molecular weight excluding hydrogens is 246 g/mol. The Morgan fingerprint density at radius 2 is 1.65 bits per heavy atom. The van der Waals surface area contributed by atoms with E-state index < -0.39 is 0 Å². The molecule has 0 heterocycles. The molecule has 0 aromatic heterocycles. The van der Waals surface area contributed by atoms with E-state index in [9.17, 15) is 0 Å². The van der Waals surface area contributed by atoms with Gasteiger partial charge in [0.05, 0.1) is 0 Å². The Hall–Kier alpha value is -0.0800. The van der Waals surface area contributed by atoms with E-state index in [1.807, 2.05) is 0 Å². The van der Waals surface area contributed by atoms with E-state index in [2.05, 4.69) is 12.2 Å². The van der Waals surface area contributed by atoms with Crippen LogP contribution < -0.4 is 5.32 Å². The number of nitrogens with one attached hydrogen (secondary N) is 1. The van der Waals surface area contributed by atoms with Gasteiger partial charge in [0.2, 0.25) is 0 Å². The molecule has 2 unspecified atom stereocenters. The van der Waals surface area contributed by atoms with Crippen molar-refractivity contribution >= 4 is 0 Å². The van der Waals surface area contributed by atoms with E-state index in [4.69, 9.17) is 5.11 Å². The van der Waals surface area contributed by atoms with E-state index in [-0.39, 0.29) is 0 Å². The number of hydrogen-bond donors (Lipinski definition) is 2. The van der Waals surface area contributed by atoms with Crippen LogP contribution >= 0.6 is 0 Å². The highest BCUT2D eigenvalue weighted by Gasteiger charge is 2.17. The second-order valence-corrected chi connectivity index (χ2v) is 6.66. The molecule has 0 amide bonds. The lowest BCUT2D eigenvalue weighted by Gasteiger charge is -2.16. The molecule has 0 aliphatic heterocycles. The molecule has 0 saturated heterocycles. The molecule has 2 heteroatoms. The second kappa shape index (κ2) is 12.6. The summed E-state index contributed by atoms with van der Waals surface area (Å²) in [6, 6.07) is 0.749. The normalized spacial score (nSPS) is 23.7. The van der Waals surface area contributed by atoms with Gasteiger partial charge in [0.15, 0.2) is 0 Å². The monoisotopic (exact) mass is 283 g/mol. The predicted molar refractivity (Wildman–Crippen MR) is 88.1 cm³/mol. The summed E-state index contributed by atoms with van der Waals surface area (Å²) in [6.07, 6.45) is 17.5. The van der Waals surface area contributed by atoms with Gasteiger partial charge in [0.25, 0.3) is 0 Å². The van der Waals surface area contributed by atoms with Crippen LogP contribution in [-0.4, -0.2) is 24.3 Å². The molecule has 20 heavy (non-hydrogen) atoms. The third kappa shape index (κ3) is 8.97. The Balaban J connectivity index is 1.94. The molecule has 2 nitrogen and oxygen atoms in total. The summed E-state index contributed by atoms with van der Waals surface area (Å²) in [4.78, 5) is 0. The minimum absolute atomic E-state index is 0.376. The fourth-order valence-corrected chi connectivity index (χ4v) is 3.44. The van der Waals surface area contributed by atoms with E-state index in [0.29, 0.717) is 6.61 Å². The lowest BCUT2D eigenvalue weighted by Crippen LogP contribution is -2.29. The average Bonchev–Trinajstić information content (AvgIpc) is 2.68. The average molecular weight is 284 g/mol. The van der Waals surface area contributed by atoms with Crippen molar-refractivity contribution in [2.75, 3.05) is 13.2 Å². The van der Waals surface area contributed by atoms with E-state index >= 15 is 0 Å². The van der Waals surface area contributed by atoms with Crippen molar-refractivity contribution in [1.29, 1.82) is 0 Å². The summed E-state index contributed by atoms with van der Waals surface area (Å²) in [7, 11) is 0. The smallest absolute Gasteiger partial charge is 0.0433 e. The van der Waals surface area contributed by atoms with Crippen LogP contribution in [0.5, 0.6) is 0 Å².